The number of alkyl halides is 3. The van der Waals surface area contributed by atoms with Gasteiger partial charge >= 0.3 is 6.18 Å². The van der Waals surface area contributed by atoms with Gasteiger partial charge in [-0.2, -0.15) is 13.2 Å². The summed E-state index contributed by atoms with van der Waals surface area (Å²) in [5.41, 5.74) is 2.37. The molecule has 0 saturated carbocycles. The van der Waals surface area contributed by atoms with Gasteiger partial charge in [0.2, 0.25) is 5.91 Å². The average Bonchev–Trinajstić information content (AvgIpc) is 2.90. The van der Waals surface area contributed by atoms with Gasteiger partial charge in [-0.3, -0.25) is 4.79 Å². The molecule has 0 radical (unpaired) electrons. The van der Waals surface area contributed by atoms with E-state index < -0.39 is 11.7 Å². The number of aryl methyl sites for hydroxylation is 1. The second-order valence-corrected chi connectivity index (χ2v) is 5.65. The Bertz CT molecular complexity index is 953. The summed E-state index contributed by atoms with van der Waals surface area (Å²) in [5, 5.41) is 3.60. The number of fused-ring (bicyclic) bond motifs is 1. The smallest absolute Gasteiger partial charge is 0.323 e. The molecule has 6 heteroatoms. The maximum atomic E-state index is 12.7. The van der Waals surface area contributed by atoms with Crippen LogP contribution < -0.4 is 5.32 Å². The molecule has 3 aromatic rings. The van der Waals surface area contributed by atoms with E-state index in [0.29, 0.717) is 11.4 Å². The van der Waals surface area contributed by atoms with Gasteiger partial charge in [-0.25, -0.2) is 0 Å². The van der Waals surface area contributed by atoms with Gasteiger partial charge in [0.15, 0.2) is 0 Å². The van der Waals surface area contributed by atoms with E-state index in [1.165, 1.54) is 18.2 Å². The molecule has 0 bridgehead atoms. The zero-order chi connectivity index (χ0) is 18.2. The molecular weight excluding hydrogens is 329 g/mol. The Kier molecular flexibility index (Phi) is 4.12. The van der Waals surface area contributed by atoms with Crippen molar-refractivity contribution in [2.75, 3.05) is 5.32 Å². The number of benzene rings is 2. The summed E-state index contributed by atoms with van der Waals surface area (Å²) in [4.78, 5) is 11.4. The Morgan fingerprint density at radius 3 is 2.44 bits per heavy atom. The molecule has 1 amide bonds. The lowest BCUT2D eigenvalue weighted by atomic mass is 10.1. The molecule has 0 fully saturated rings. The van der Waals surface area contributed by atoms with Gasteiger partial charge in [-0.1, -0.05) is 6.58 Å². The van der Waals surface area contributed by atoms with Crippen LogP contribution >= 0.6 is 0 Å². The molecular formula is C19H15F3N2O. The van der Waals surface area contributed by atoms with E-state index >= 15 is 0 Å². The number of carbonyl (C=O) groups excluding carboxylic acids is 1. The quantitative estimate of drug-likeness (QED) is 0.660. The normalized spacial score (nSPS) is 11.5. The fraction of sp³-hybridized carbons (Fsp3) is 0.105. The number of anilines is 1. The number of rotatable bonds is 3. The fourth-order valence-electron chi connectivity index (χ4n) is 2.69. The van der Waals surface area contributed by atoms with Gasteiger partial charge in [-0.15, -0.1) is 0 Å². The number of halogens is 3. The van der Waals surface area contributed by atoms with E-state index in [1.54, 1.807) is 6.07 Å². The molecule has 1 heterocycles. The van der Waals surface area contributed by atoms with Crippen LogP contribution in [0.3, 0.4) is 0 Å². The molecule has 25 heavy (non-hydrogen) atoms. The topological polar surface area (TPSA) is 34.0 Å². The number of amides is 1. The average molecular weight is 344 g/mol. The minimum absolute atomic E-state index is 0.306. The lowest BCUT2D eigenvalue weighted by molar-refractivity contribution is -0.137. The zero-order valence-corrected chi connectivity index (χ0v) is 13.4. The van der Waals surface area contributed by atoms with Gasteiger partial charge in [0.25, 0.3) is 0 Å². The van der Waals surface area contributed by atoms with E-state index in [2.05, 4.69) is 11.9 Å². The van der Waals surface area contributed by atoms with Crippen LogP contribution in [0.15, 0.2) is 61.3 Å². The summed E-state index contributed by atoms with van der Waals surface area (Å²) in [5.74, 6) is -0.306. The van der Waals surface area contributed by atoms with Crippen molar-refractivity contribution >= 4 is 22.5 Å². The molecule has 2 aromatic carbocycles. The highest BCUT2D eigenvalue weighted by molar-refractivity contribution is 6.00. The first-order valence-corrected chi connectivity index (χ1v) is 7.52. The third kappa shape index (κ3) is 3.28. The maximum Gasteiger partial charge on any atom is 0.416 e. The van der Waals surface area contributed by atoms with Crippen LogP contribution in [-0.2, 0) is 11.0 Å². The Balaban J connectivity index is 2.03. The number of nitrogens with zero attached hydrogens (tertiary/aromatic N) is 1. The molecule has 0 atom stereocenters. The summed E-state index contributed by atoms with van der Waals surface area (Å²) in [6.45, 7) is 5.31. The first kappa shape index (κ1) is 16.8. The molecule has 0 spiro atoms. The Morgan fingerprint density at radius 2 is 1.84 bits per heavy atom. The van der Waals surface area contributed by atoms with Crippen molar-refractivity contribution in [2.45, 2.75) is 13.1 Å². The molecule has 128 valence electrons. The lowest BCUT2D eigenvalue weighted by Crippen LogP contribution is -2.07. The monoisotopic (exact) mass is 344 g/mol. The molecule has 0 aliphatic rings. The third-order valence-electron chi connectivity index (χ3n) is 3.93. The summed E-state index contributed by atoms with van der Waals surface area (Å²) in [7, 11) is 0. The molecule has 0 aliphatic heterocycles. The van der Waals surface area contributed by atoms with Crippen molar-refractivity contribution in [3.8, 4) is 5.69 Å². The van der Waals surface area contributed by atoms with Gasteiger partial charge in [0, 0.05) is 23.0 Å². The van der Waals surface area contributed by atoms with Crippen LogP contribution in [0.2, 0.25) is 0 Å². The third-order valence-corrected chi connectivity index (χ3v) is 3.93. The van der Waals surface area contributed by atoms with E-state index in [9.17, 15) is 18.0 Å². The van der Waals surface area contributed by atoms with Crippen molar-refractivity contribution in [3.63, 3.8) is 0 Å². The summed E-state index contributed by atoms with van der Waals surface area (Å²) in [6, 6.07) is 10.4. The highest BCUT2D eigenvalue weighted by atomic mass is 19.4. The maximum absolute atomic E-state index is 12.7. The predicted molar refractivity (Wildman–Crippen MR) is 91.8 cm³/mol. The van der Waals surface area contributed by atoms with E-state index in [4.69, 9.17) is 0 Å². The largest absolute Gasteiger partial charge is 0.416 e. The number of hydrogen-bond acceptors (Lipinski definition) is 1. The van der Waals surface area contributed by atoms with Crippen LogP contribution in [0, 0.1) is 6.92 Å². The van der Waals surface area contributed by atoms with Gasteiger partial charge < -0.3 is 9.88 Å². The van der Waals surface area contributed by atoms with Gasteiger partial charge in [-0.05, 0) is 61.0 Å². The Hall–Kier alpha value is -3.02. The van der Waals surface area contributed by atoms with E-state index in [0.717, 1.165) is 28.6 Å². The van der Waals surface area contributed by atoms with Crippen LogP contribution in [-0.4, -0.2) is 10.5 Å². The Labute approximate surface area is 142 Å². The van der Waals surface area contributed by atoms with Crippen LogP contribution in [0.1, 0.15) is 11.1 Å². The Morgan fingerprint density at radius 1 is 1.16 bits per heavy atom. The van der Waals surface area contributed by atoms with Crippen molar-refractivity contribution in [2.24, 2.45) is 0 Å². The zero-order valence-electron chi connectivity index (χ0n) is 13.4. The minimum Gasteiger partial charge on any atom is -0.323 e. The van der Waals surface area contributed by atoms with Gasteiger partial charge in [0.1, 0.15) is 0 Å². The molecule has 1 N–H and O–H groups in total. The number of hydrogen-bond donors (Lipinski definition) is 1. The van der Waals surface area contributed by atoms with Crippen molar-refractivity contribution in [1.82, 2.24) is 4.57 Å². The van der Waals surface area contributed by atoms with Crippen LogP contribution in [0.25, 0.3) is 16.6 Å². The molecule has 3 rings (SSSR count). The first-order chi connectivity index (χ1) is 11.8. The summed E-state index contributed by atoms with van der Waals surface area (Å²) < 4.78 is 39.9. The molecule has 0 saturated heterocycles. The van der Waals surface area contributed by atoms with E-state index in [1.807, 2.05) is 29.8 Å². The van der Waals surface area contributed by atoms with Crippen LogP contribution in [0.5, 0.6) is 0 Å². The minimum atomic E-state index is -4.36. The molecule has 0 unspecified atom stereocenters. The number of nitrogens with one attached hydrogen (secondary N) is 1. The lowest BCUT2D eigenvalue weighted by Gasteiger charge is -2.10. The van der Waals surface area contributed by atoms with Crippen LogP contribution in [0.4, 0.5) is 18.9 Å². The highest BCUT2D eigenvalue weighted by Crippen LogP contribution is 2.31. The highest BCUT2D eigenvalue weighted by Gasteiger charge is 2.30. The van der Waals surface area contributed by atoms with E-state index in [-0.39, 0.29) is 5.91 Å². The molecule has 1 aromatic heterocycles. The summed E-state index contributed by atoms with van der Waals surface area (Å²) in [6.07, 6.45) is -1.32. The standard InChI is InChI=1S/C19H15F3N2O/c1-3-18(25)23-14-6-9-17-16(10-14)12(2)11-24(17)15-7-4-13(5-8-15)19(20,21)22/h3-11H,1H2,2H3,(H,23,25). The second-order valence-electron chi connectivity index (χ2n) is 5.65. The van der Waals surface area contributed by atoms with Gasteiger partial charge in [0.05, 0.1) is 11.1 Å². The van der Waals surface area contributed by atoms with Crippen molar-refractivity contribution in [1.29, 1.82) is 0 Å². The summed E-state index contributed by atoms with van der Waals surface area (Å²) >= 11 is 0. The molecule has 3 nitrogen and oxygen atoms in total. The SMILES string of the molecule is C=CC(=O)Nc1ccc2c(c1)c(C)cn2-c1ccc(C(F)(F)F)cc1. The first-order valence-electron chi connectivity index (χ1n) is 7.52. The predicted octanol–water partition coefficient (Wildman–Crippen LogP) is 5.08. The molecule has 0 aliphatic carbocycles. The number of aromatic nitrogens is 1. The van der Waals surface area contributed by atoms with Crippen molar-refractivity contribution in [3.05, 3.63) is 72.4 Å². The fourth-order valence-corrected chi connectivity index (χ4v) is 2.69. The number of carbonyl (C=O) groups is 1. The second kappa shape index (κ2) is 6.12. The van der Waals surface area contributed by atoms with Crippen molar-refractivity contribution < 1.29 is 18.0 Å².